The number of nitrogens with zero attached hydrogens (tertiary/aromatic N) is 3. The van der Waals surface area contributed by atoms with Gasteiger partial charge < -0.3 is 15.5 Å². The molecule has 0 saturated carbocycles. The number of hydrogen-bond acceptors (Lipinski definition) is 3. The molecule has 2 amide bonds. The van der Waals surface area contributed by atoms with E-state index < -0.39 is 0 Å². The second kappa shape index (κ2) is 10.6. The Morgan fingerprint density at radius 1 is 1.03 bits per heavy atom. The zero-order valence-electron chi connectivity index (χ0n) is 18.6. The van der Waals surface area contributed by atoms with Gasteiger partial charge in [0.2, 0.25) is 0 Å². The van der Waals surface area contributed by atoms with Crippen molar-refractivity contribution >= 4 is 11.7 Å². The molecule has 30 heavy (non-hydrogen) atoms. The van der Waals surface area contributed by atoms with Crippen LogP contribution >= 0.6 is 0 Å². The number of carbonyl (C=O) groups is 1. The van der Waals surface area contributed by atoms with Crippen molar-refractivity contribution in [2.75, 3.05) is 31.6 Å². The lowest BCUT2D eigenvalue weighted by molar-refractivity contribution is 0.114. The summed E-state index contributed by atoms with van der Waals surface area (Å²) in [6.07, 6.45) is 2.03. The van der Waals surface area contributed by atoms with Crippen LogP contribution in [0, 0.1) is 5.92 Å². The molecule has 1 aliphatic rings. The molecule has 0 aromatic heterocycles. The van der Waals surface area contributed by atoms with E-state index in [9.17, 15) is 4.79 Å². The van der Waals surface area contributed by atoms with Crippen molar-refractivity contribution in [3.05, 3.63) is 65.7 Å². The Balaban J connectivity index is 1.76. The predicted octanol–water partition coefficient (Wildman–Crippen LogP) is 4.32. The first-order chi connectivity index (χ1) is 14.5. The first-order valence-electron chi connectivity index (χ1n) is 11.1. The number of nitrogens with two attached hydrogens (primary N) is 1. The van der Waals surface area contributed by atoms with Crippen LogP contribution in [0.2, 0.25) is 0 Å². The Morgan fingerprint density at radius 3 is 2.20 bits per heavy atom. The van der Waals surface area contributed by atoms with Crippen molar-refractivity contribution in [2.45, 2.75) is 45.8 Å². The maximum atomic E-state index is 13.5. The van der Waals surface area contributed by atoms with E-state index in [1.54, 1.807) is 4.90 Å². The highest BCUT2D eigenvalue weighted by molar-refractivity contribution is 5.91. The fraction of sp³-hybridized carbons (Fsp3) is 0.480. The number of hydrogen-bond donors (Lipinski definition) is 1. The number of anilines is 1. The molecule has 1 aliphatic heterocycles. The first-order valence-corrected chi connectivity index (χ1v) is 11.1. The molecule has 0 aliphatic carbocycles. The Morgan fingerprint density at radius 2 is 1.63 bits per heavy atom. The fourth-order valence-corrected chi connectivity index (χ4v) is 4.22. The molecule has 0 atom stereocenters. The normalized spacial score (nSPS) is 15.4. The van der Waals surface area contributed by atoms with Crippen LogP contribution < -0.4 is 10.6 Å². The smallest absolute Gasteiger partial charge is 0.324 e. The van der Waals surface area contributed by atoms with Crippen LogP contribution in [0.3, 0.4) is 0 Å². The van der Waals surface area contributed by atoms with Crippen LogP contribution in [-0.2, 0) is 13.1 Å². The summed E-state index contributed by atoms with van der Waals surface area (Å²) >= 11 is 0. The minimum absolute atomic E-state index is 0.0615. The van der Waals surface area contributed by atoms with Gasteiger partial charge in [0, 0.05) is 51.5 Å². The van der Waals surface area contributed by atoms with E-state index in [2.05, 4.69) is 47.9 Å². The van der Waals surface area contributed by atoms with E-state index in [1.807, 2.05) is 37.4 Å². The van der Waals surface area contributed by atoms with Crippen LogP contribution in [-0.4, -0.2) is 48.6 Å². The van der Waals surface area contributed by atoms with Gasteiger partial charge >= 0.3 is 6.03 Å². The Hall–Kier alpha value is -2.37. The summed E-state index contributed by atoms with van der Waals surface area (Å²) in [6.45, 7) is 8.92. The molecule has 0 bridgehead atoms. The van der Waals surface area contributed by atoms with Crippen molar-refractivity contribution in [3.8, 4) is 0 Å². The summed E-state index contributed by atoms with van der Waals surface area (Å²) in [5.74, 6) is 0.671. The molecular weight excluding hydrogens is 372 g/mol. The predicted molar refractivity (Wildman–Crippen MR) is 124 cm³/mol. The molecule has 162 valence electrons. The van der Waals surface area contributed by atoms with Gasteiger partial charge in [-0.25, -0.2) is 4.79 Å². The summed E-state index contributed by atoms with van der Waals surface area (Å²) in [6, 6.07) is 18.5. The number of carbonyl (C=O) groups excluding carboxylic acids is 1. The quantitative estimate of drug-likeness (QED) is 0.742. The lowest BCUT2D eigenvalue weighted by atomic mass is 10.0. The maximum Gasteiger partial charge on any atom is 0.324 e. The van der Waals surface area contributed by atoms with E-state index in [0.717, 1.165) is 49.3 Å². The Bertz CT molecular complexity index is 783. The largest absolute Gasteiger partial charge is 0.326 e. The molecule has 5 nitrogen and oxygen atoms in total. The Labute approximate surface area is 181 Å². The van der Waals surface area contributed by atoms with E-state index in [4.69, 9.17) is 5.73 Å². The standard InChI is InChI=1S/C25H36N4O/c1-20(2)18-28-15-13-24(14-16-28)29(19-22-11-9-21(17-26)10-12-22)25(30)27(3)23-7-5-4-6-8-23/h4-12,20,24H,13-19,26H2,1-3H3. The lowest BCUT2D eigenvalue weighted by Crippen LogP contribution is -2.51. The van der Waals surface area contributed by atoms with Gasteiger partial charge in [-0.15, -0.1) is 0 Å². The zero-order valence-corrected chi connectivity index (χ0v) is 18.6. The fourth-order valence-electron chi connectivity index (χ4n) is 4.22. The first kappa shape index (κ1) is 22.3. The van der Waals surface area contributed by atoms with Gasteiger partial charge in [-0.1, -0.05) is 56.3 Å². The molecule has 5 heteroatoms. The second-order valence-electron chi connectivity index (χ2n) is 8.75. The molecule has 0 spiro atoms. The summed E-state index contributed by atoms with van der Waals surface area (Å²) in [5, 5.41) is 0. The van der Waals surface area contributed by atoms with E-state index in [-0.39, 0.29) is 12.1 Å². The summed E-state index contributed by atoms with van der Waals surface area (Å²) < 4.78 is 0. The molecular formula is C25H36N4O. The van der Waals surface area contributed by atoms with Gasteiger partial charge in [0.1, 0.15) is 0 Å². The average molecular weight is 409 g/mol. The third-order valence-electron chi connectivity index (χ3n) is 5.91. The number of amides is 2. The topological polar surface area (TPSA) is 52.8 Å². The molecule has 2 aromatic rings. The number of piperidine rings is 1. The minimum atomic E-state index is 0.0615. The summed E-state index contributed by atoms with van der Waals surface area (Å²) in [7, 11) is 1.87. The van der Waals surface area contributed by atoms with Crippen molar-refractivity contribution < 1.29 is 4.79 Å². The second-order valence-corrected chi connectivity index (χ2v) is 8.75. The SMILES string of the molecule is CC(C)CN1CCC(N(Cc2ccc(CN)cc2)C(=O)N(C)c2ccccc2)CC1. The van der Waals surface area contributed by atoms with Crippen molar-refractivity contribution in [2.24, 2.45) is 11.7 Å². The average Bonchev–Trinajstić information content (AvgIpc) is 2.78. The molecule has 2 N–H and O–H groups in total. The van der Waals surface area contributed by atoms with Crippen LogP contribution in [0.1, 0.15) is 37.8 Å². The van der Waals surface area contributed by atoms with Gasteiger partial charge in [0.25, 0.3) is 0 Å². The molecule has 0 radical (unpaired) electrons. The van der Waals surface area contributed by atoms with Crippen molar-refractivity contribution in [1.82, 2.24) is 9.80 Å². The molecule has 1 saturated heterocycles. The number of likely N-dealkylation sites (tertiary alicyclic amines) is 1. The van der Waals surface area contributed by atoms with Crippen LogP contribution in [0.4, 0.5) is 10.5 Å². The third-order valence-corrected chi connectivity index (χ3v) is 5.91. The van der Waals surface area contributed by atoms with Crippen LogP contribution in [0.15, 0.2) is 54.6 Å². The van der Waals surface area contributed by atoms with Crippen LogP contribution in [0.25, 0.3) is 0 Å². The molecule has 0 unspecified atom stereocenters. The summed E-state index contributed by atoms with van der Waals surface area (Å²) in [4.78, 5) is 19.9. The number of rotatable bonds is 7. The van der Waals surface area contributed by atoms with Gasteiger partial charge in [-0.05, 0) is 42.0 Å². The highest BCUT2D eigenvalue weighted by Gasteiger charge is 2.30. The molecule has 1 fully saturated rings. The van der Waals surface area contributed by atoms with Gasteiger partial charge in [0.15, 0.2) is 0 Å². The third kappa shape index (κ3) is 5.83. The number of urea groups is 1. The highest BCUT2D eigenvalue weighted by atomic mass is 16.2. The molecule has 2 aromatic carbocycles. The summed E-state index contributed by atoms with van der Waals surface area (Å²) in [5.41, 5.74) is 8.92. The maximum absolute atomic E-state index is 13.5. The molecule has 1 heterocycles. The minimum Gasteiger partial charge on any atom is -0.326 e. The zero-order chi connectivity index (χ0) is 21.5. The van der Waals surface area contributed by atoms with Crippen molar-refractivity contribution in [3.63, 3.8) is 0 Å². The van der Waals surface area contributed by atoms with Gasteiger partial charge in [-0.3, -0.25) is 4.90 Å². The number of para-hydroxylation sites is 1. The van der Waals surface area contributed by atoms with E-state index >= 15 is 0 Å². The highest BCUT2D eigenvalue weighted by Crippen LogP contribution is 2.23. The monoisotopic (exact) mass is 408 g/mol. The molecule has 3 rings (SSSR count). The Kier molecular flexibility index (Phi) is 7.88. The van der Waals surface area contributed by atoms with Gasteiger partial charge in [0.05, 0.1) is 0 Å². The lowest BCUT2D eigenvalue weighted by Gasteiger charge is -2.40. The van der Waals surface area contributed by atoms with Gasteiger partial charge in [-0.2, -0.15) is 0 Å². The van der Waals surface area contributed by atoms with E-state index in [1.165, 1.54) is 0 Å². The van der Waals surface area contributed by atoms with Crippen molar-refractivity contribution in [1.29, 1.82) is 0 Å². The van der Waals surface area contributed by atoms with E-state index in [0.29, 0.717) is 19.0 Å². The van der Waals surface area contributed by atoms with Crippen LogP contribution in [0.5, 0.6) is 0 Å². The number of benzene rings is 2.